The standard InChI is InChI=1S/C35H39FN2O4/c1-20(2)34(40)38-27-12-9-13-28(39)31(27)37-26-17-35(5,21(3)4)18-29-33(42-29)30(26)32(38)24-15-14-23(16-25(24)36)41-19-22-10-7-6-8-11-22/h6-16,20-21,29,32-33,37,39H,17-19H2,1-5H3. The van der Waals surface area contributed by atoms with E-state index in [-0.39, 0.29) is 35.2 Å². The molecule has 1 saturated heterocycles. The van der Waals surface area contributed by atoms with E-state index < -0.39 is 11.9 Å². The number of amides is 1. The molecule has 42 heavy (non-hydrogen) atoms. The van der Waals surface area contributed by atoms with E-state index in [1.54, 1.807) is 29.2 Å². The van der Waals surface area contributed by atoms with Crippen LogP contribution in [0.3, 0.4) is 0 Å². The van der Waals surface area contributed by atoms with Crippen LogP contribution in [0, 0.1) is 23.1 Å². The van der Waals surface area contributed by atoms with E-state index in [0.29, 0.717) is 41.6 Å². The number of benzene rings is 3. The Morgan fingerprint density at radius 1 is 1.12 bits per heavy atom. The number of phenolic OH excluding ortho intramolecular Hbond substituents is 1. The third kappa shape index (κ3) is 5.04. The number of para-hydroxylation sites is 1. The second-order valence-electron chi connectivity index (χ2n) is 12.7. The minimum atomic E-state index is -0.766. The predicted molar refractivity (Wildman–Crippen MR) is 162 cm³/mol. The highest BCUT2D eigenvalue weighted by molar-refractivity contribution is 6.01. The fourth-order valence-electron chi connectivity index (χ4n) is 6.34. The Morgan fingerprint density at radius 2 is 1.88 bits per heavy atom. The van der Waals surface area contributed by atoms with Gasteiger partial charge in [-0.15, -0.1) is 0 Å². The molecule has 3 aromatic carbocycles. The van der Waals surface area contributed by atoms with Crippen molar-refractivity contribution in [1.82, 2.24) is 0 Å². The van der Waals surface area contributed by atoms with Crippen molar-refractivity contribution in [3.8, 4) is 11.5 Å². The number of halogens is 1. The van der Waals surface area contributed by atoms with Crippen molar-refractivity contribution in [1.29, 1.82) is 0 Å². The molecule has 2 aliphatic heterocycles. The zero-order valence-electron chi connectivity index (χ0n) is 24.9. The van der Waals surface area contributed by atoms with Crippen molar-refractivity contribution in [3.63, 3.8) is 0 Å². The molecule has 4 unspecified atom stereocenters. The maximum atomic E-state index is 16.3. The molecular weight excluding hydrogens is 531 g/mol. The van der Waals surface area contributed by atoms with Crippen molar-refractivity contribution in [2.75, 3.05) is 10.2 Å². The van der Waals surface area contributed by atoms with Gasteiger partial charge < -0.3 is 19.9 Å². The average Bonchev–Trinajstić information content (AvgIpc) is 3.73. The first-order valence-electron chi connectivity index (χ1n) is 14.8. The fraction of sp³-hybridized carbons (Fsp3) is 0.400. The van der Waals surface area contributed by atoms with Crippen LogP contribution in [0.25, 0.3) is 0 Å². The number of allylic oxidation sites excluding steroid dienone is 1. The number of nitrogens with zero attached hydrogens (tertiary/aromatic N) is 1. The highest BCUT2D eigenvalue weighted by atomic mass is 19.1. The summed E-state index contributed by atoms with van der Waals surface area (Å²) in [4.78, 5) is 15.7. The second-order valence-corrected chi connectivity index (χ2v) is 12.7. The molecule has 4 atom stereocenters. The molecule has 0 aromatic heterocycles. The van der Waals surface area contributed by atoms with Gasteiger partial charge in [-0.25, -0.2) is 4.39 Å². The van der Waals surface area contributed by atoms with Gasteiger partial charge in [0.25, 0.3) is 0 Å². The molecule has 3 aromatic rings. The molecule has 1 fully saturated rings. The van der Waals surface area contributed by atoms with Gasteiger partial charge in [0.15, 0.2) is 0 Å². The summed E-state index contributed by atoms with van der Waals surface area (Å²) in [6.07, 6.45) is 1.27. The summed E-state index contributed by atoms with van der Waals surface area (Å²) in [5.41, 5.74) is 3.96. The third-order valence-electron chi connectivity index (χ3n) is 9.23. The lowest BCUT2D eigenvalue weighted by Crippen LogP contribution is -2.40. The van der Waals surface area contributed by atoms with Crippen molar-refractivity contribution < 1.29 is 23.8 Å². The highest BCUT2D eigenvalue weighted by Gasteiger charge is 2.55. The van der Waals surface area contributed by atoms with Crippen LogP contribution in [0.2, 0.25) is 0 Å². The number of anilines is 2. The lowest BCUT2D eigenvalue weighted by atomic mass is 9.72. The number of hydrogen-bond donors (Lipinski definition) is 2. The number of nitrogens with one attached hydrogen (secondary N) is 1. The lowest BCUT2D eigenvalue weighted by molar-refractivity contribution is -0.121. The molecule has 3 aliphatic rings. The topological polar surface area (TPSA) is 74.3 Å². The molecule has 1 amide bonds. The van der Waals surface area contributed by atoms with E-state index in [2.05, 4.69) is 26.1 Å². The number of ether oxygens (including phenoxy) is 2. The van der Waals surface area contributed by atoms with Crippen molar-refractivity contribution in [2.24, 2.45) is 17.3 Å². The van der Waals surface area contributed by atoms with Crippen LogP contribution in [0.4, 0.5) is 15.8 Å². The summed E-state index contributed by atoms with van der Waals surface area (Å²) in [5, 5.41) is 14.6. The highest BCUT2D eigenvalue weighted by Crippen LogP contribution is 2.57. The Balaban J connectivity index is 1.51. The van der Waals surface area contributed by atoms with Gasteiger partial charge in [0.2, 0.25) is 5.91 Å². The zero-order chi connectivity index (χ0) is 29.8. The van der Waals surface area contributed by atoms with Crippen LogP contribution in [-0.2, 0) is 16.1 Å². The summed E-state index contributed by atoms with van der Waals surface area (Å²) in [7, 11) is 0. The minimum Gasteiger partial charge on any atom is -0.506 e. The zero-order valence-corrected chi connectivity index (χ0v) is 24.9. The summed E-state index contributed by atoms with van der Waals surface area (Å²) in [6.45, 7) is 10.7. The van der Waals surface area contributed by atoms with E-state index in [9.17, 15) is 9.90 Å². The van der Waals surface area contributed by atoms with Crippen LogP contribution in [0.5, 0.6) is 11.5 Å². The number of rotatable bonds is 6. The van der Waals surface area contributed by atoms with Crippen molar-refractivity contribution in [2.45, 2.75) is 72.3 Å². The average molecular weight is 571 g/mol. The number of aromatic hydroxyl groups is 1. The maximum absolute atomic E-state index is 16.3. The van der Waals surface area contributed by atoms with E-state index >= 15 is 4.39 Å². The first kappa shape index (κ1) is 28.3. The van der Waals surface area contributed by atoms with Crippen LogP contribution >= 0.6 is 0 Å². The number of carbonyl (C=O) groups is 1. The molecular formula is C35H39FN2O4. The van der Waals surface area contributed by atoms with Gasteiger partial charge >= 0.3 is 0 Å². The van der Waals surface area contributed by atoms with E-state index in [4.69, 9.17) is 9.47 Å². The van der Waals surface area contributed by atoms with Gasteiger partial charge in [0.1, 0.15) is 35.7 Å². The van der Waals surface area contributed by atoms with E-state index in [0.717, 1.165) is 23.3 Å². The largest absolute Gasteiger partial charge is 0.506 e. The SMILES string of the molecule is CC(C)C(=O)N1c2cccc(O)c2NC2=C(C3OC3CC(C)(C(C)C)C2)C1c1ccc(OCc2ccccc2)cc1F. The van der Waals surface area contributed by atoms with Gasteiger partial charge in [-0.1, -0.05) is 71.0 Å². The Hall–Kier alpha value is -3.84. The van der Waals surface area contributed by atoms with Crippen molar-refractivity contribution in [3.05, 3.63) is 94.9 Å². The quantitative estimate of drug-likeness (QED) is 0.234. The molecule has 6 rings (SSSR count). The first-order valence-corrected chi connectivity index (χ1v) is 14.8. The predicted octanol–water partition coefficient (Wildman–Crippen LogP) is 7.74. The molecule has 220 valence electrons. The van der Waals surface area contributed by atoms with Crippen LogP contribution in [-0.4, -0.2) is 23.2 Å². The van der Waals surface area contributed by atoms with Crippen LogP contribution in [0.15, 0.2) is 78.0 Å². The van der Waals surface area contributed by atoms with Crippen molar-refractivity contribution >= 4 is 17.3 Å². The maximum Gasteiger partial charge on any atom is 0.230 e. The molecule has 0 saturated carbocycles. The Morgan fingerprint density at radius 3 is 2.57 bits per heavy atom. The second kappa shape index (κ2) is 10.8. The summed E-state index contributed by atoms with van der Waals surface area (Å²) >= 11 is 0. The molecule has 1 aliphatic carbocycles. The molecule has 0 radical (unpaired) electrons. The smallest absolute Gasteiger partial charge is 0.230 e. The third-order valence-corrected chi connectivity index (χ3v) is 9.23. The van der Waals surface area contributed by atoms with E-state index in [1.165, 1.54) is 6.07 Å². The van der Waals surface area contributed by atoms with Gasteiger partial charge in [0, 0.05) is 28.8 Å². The Kier molecular flexibility index (Phi) is 7.26. The Labute approximate surface area is 247 Å². The monoisotopic (exact) mass is 570 g/mol. The number of hydrogen-bond acceptors (Lipinski definition) is 5. The Bertz CT molecular complexity index is 1540. The summed E-state index contributed by atoms with van der Waals surface area (Å²) in [6, 6.07) is 19.0. The number of phenols is 1. The first-order chi connectivity index (χ1) is 20.1. The molecule has 7 heteroatoms. The van der Waals surface area contributed by atoms with Gasteiger partial charge in [-0.2, -0.15) is 0 Å². The normalized spacial score (nSPS) is 24.8. The molecule has 2 heterocycles. The fourth-order valence-corrected chi connectivity index (χ4v) is 6.34. The minimum absolute atomic E-state index is 0.0171. The molecule has 6 nitrogen and oxygen atoms in total. The number of carbonyl (C=O) groups excluding carboxylic acids is 1. The lowest BCUT2D eigenvalue weighted by Gasteiger charge is -2.35. The molecule has 2 N–H and O–H groups in total. The molecule has 0 spiro atoms. The molecule has 0 bridgehead atoms. The van der Waals surface area contributed by atoms with Crippen LogP contribution in [0.1, 0.15) is 64.6 Å². The summed E-state index contributed by atoms with van der Waals surface area (Å²) in [5.74, 6) is -0.197. The number of epoxide rings is 1. The van der Waals surface area contributed by atoms with Gasteiger partial charge in [-0.3, -0.25) is 9.69 Å². The summed E-state index contributed by atoms with van der Waals surface area (Å²) < 4.78 is 28.6. The van der Waals surface area contributed by atoms with Gasteiger partial charge in [-0.05, 0) is 54.0 Å². The van der Waals surface area contributed by atoms with E-state index in [1.807, 2.05) is 50.2 Å². The van der Waals surface area contributed by atoms with Crippen LogP contribution < -0.4 is 15.0 Å². The van der Waals surface area contributed by atoms with Gasteiger partial charge in [0.05, 0.1) is 17.8 Å². The number of fused-ring (bicyclic) bond motifs is 3.